The third-order valence-electron chi connectivity index (χ3n) is 2.52. The Morgan fingerprint density at radius 3 is 2.93 bits per heavy atom. The monoisotopic (exact) mass is 230 g/mol. The number of nitrogens with two attached hydrogens (primary N) is 1. The first-order chi connectivity index (χ1) is 7.13. The molecule has 4 nitrogen and oxygen atoms in total. The molecular weight excluding hydrogens is 212 g/mol. The van der Waals surface area contributed by atoms with Gasteiger partial charge in [-0.3, -0.25) is 4.79 Å². The Hall–Kier alpha value is -0.680. The zero-order valence-corrected chi connectivity index (χ0v) is 9.81. The predicted octanol–water partition coefficient (Wildman–Crippen LogP) is 0.736. The predicted molar refractivity (Wildman–Crippen MR) is 62.6 cm³/mol. The van der Waals surface area contributed by atoms with Crippen LogP contribution < -0.4 is 11.1 Å². The van der Waals surface area contributed by atoms with Crippen molar-refractivity contribution in [2.75, 3.05) is 6.61 Å². The van der Waals surface area contributed by atoms with E-state index in [4.69, 9.17) is 22.7 Å². The van der Waals surface area contributed by atoms with Crippen molar-refractivity contribution in [2.24, 2.45) is 5.73 Å². The normalized spacial score (nSPS) is 22.3. The summed E-state index contributed by atoms with van der Waals surface area (Å²) in [7, 11) is 0. The lowest BCUT2D eigenvalue weighted by atomic mass is 10.1. The van der Waals surface area contributed by atoms with Crippen molar-refractivity contribution >= 4 is 23.1 Å². The number of amides is 1. The molecule has 1 aliphatic rings. The summed E-state index contributed by atoms with van der Waals surface area (Å²) in [6.07, 6.45) is 3.24. The molecule has 1 fully saturated rings. The summed E-state index contributed by atoms with van der Waals surface area (Å²) >= 11 is 4.85. The summed E-state index contributed by atoms with van der Waals surface area (Å²) in [6.45, 7) is 2.71. The first-order valence-corrected chi connectivity index (χ1v) is 5.74. The molecule has 0 spiro atoms. The molecule has 1 rings (SSSR count). The van der Waals surface area contributed by atoms with Crippen LogP contribution in [0.25, 0.3) is 0 Å². The van der Waals surface area contributed by atoms with Crippen LogP contribution in [0, 0.1) is 0 Å². The smallest absolute Gasteiger partial charge is 0.223 e. The molecule has 5 heteroatoms. The summed E-state index contributed by atoms with van der Waals surface area (Å²) in [4.78, 5) is 11.9. The third kappa shape index (κ3) is 4.13. The van der Waals surface area contributed by atoms with E-state index in [0.29, 0.717) is 11.4 Å². The topological polar surface area (TPSA) is 64.3 Å². The van der Waals surface area contributed by atoms with Gasteiger partial charge in [-0.25, -0.2) is 0 Å². The molecule has 0 aromatic heterocycles. The van der Waals surface area contributed by atoms with Crippen molar-refractivity contribution in [2.45, 2.75) is 44.8 Å². The second kappa shape index (κ2) is 6.02. The molecule has 0 bridgehead atoms. The van der Waals surface area contributed by atoms with Crippen LogP contribution in [0.5, 0.6) is 0 Å². The fourth-order valence-corrected chi connectivity index (χ4v) is 1.87. The highest BCUT2D eigenvalue weighted by Gasteiger charge is 2.20. The van der Waals surface area contributed by atoms with E-state index in [0.717, 1.165) is 25.9 Å². The van der Waals surface area contributed by atoms with E-state index < -0.39 is 0 Å². The zero-order valence-electron chi connectivity index (χ0n) is 8.99. The van der Waals surface area contributed by atoms with Crippen molar-refractivity contribution in [1.82, 2.24) is 5.32 Å². The molecular formula is C10H18N2O2S. The lowest BCUT2D eigenvalue weighted by Gasteiger charge is -2.16. The molecule has 86 valence electrons. The van der Waals surface area contributed by atoms with Crippen LogP contribution >= 0.6 is 12.2 Å². The van der Waals surface area contributed by atoms with Crippen molar-refractivity contribution in [3.8, 4) is 0 Å². The van der Waals surface area contributed by atoms with Crippen LogP contribution in [0.1, 0.15) is 32.6 Å². The summed E-state index contributed by atoms with van der Waals surface area (Å²) < 4.78 is 5.37. The minimum Gasteiger partial charge on any atom is -0.392 e. The molecule has 2 unspecified atom stereocenters. The van der Waals surface area contributed by atoms with Crippen LogP contribution in [0.4, 0.5) is 0 Å². The molecule has 1 heterocycles. The Morgan fingerprint density at radius 1 is 1.73 bits per heavy atom. The highest BCUT2D eigenvalue weighted by atomic mass is 32.1. The molecule has 1 amide bonds. The van der Waals surface area contributed by atoms with Crippen LogP contribution in [0.15, 0.2) is 0 Å². The average Bonchev–Trinajstić information content (AvgIpc) is 2.66. The van der Waals surface area contributed by atoms with Gasteiger partial charge in [-0.15, -0.1) is 0 Å². The third-order valence-corrected chi connectivity index (χ3v) is 2.81. The van der Waals surface area contributed by atoms with Gasteiger partial charge in [-0.1, -0.05) is 19.1 Å². The van der Waals surface area contributed by atoms with Crippen LogP contribution in [0.3, 0.4) is 0 Å². The van der Waals surface area contributed by atoms with Gasteiger partial charge in [0.25, 0.3) is 0 Å². The lowest BCUT2D eigenvalue weighted by Crippen LogP contribution is -2.43. The number of thiocarbonyl (C=S) groups is 1. The summed E-state index contributed by atoms with van der Waals surface area (Å²) in [5.41, 5.74) is 5.49. The number of rotatable bonds is 5. The zero-order chi connectivity index (χ0) is 11.3. The molecule has 0 saturated carbocycles. The molecule has 0 radical (unpaired) electrons. The fourth-order valence-electron chi connectivity index (χ4n) is 1.64. The van der Waals surface area contributed by atoms with Gasteiger partial charge in [0, 0.05) is 6.61 Å². The molecule has 15 heavy (non-hydrogen) atoms. The SMILES string of the molecule is CCC(NC(=O)CC1CCCO1)C(N)=S. The Bertz CT molecular complexity index is 240. The highest BCUT2D eigenvalue weighted by Crippen LogP contribution is 2.15. The van der Waals surface area contributed by atoms with E-state index in [9.17, 15) is 4.79 Å². The molecule has 3 N–H and O–H groups in total. The van der Waals surface area contributed by atoms with E-state index >= 15 is 0 Å². The Labute approximate surface area is 95.5 Å². The quantitative estimate of drug-likeness (QED) is 0.684. The van der Waals surface area contributed by atoms with Crippen molar-refractivity contribution in [3.63, 3.8) is 0 Å². The van der Waals surface area contributed by atoms with Gasteiger partial charge >= 0.3 is 0 Å². The first kappa shape index (κ1) is 12.4. The van der Waals surface area contributed by atoms with Gasteiger partial charge in [-0.2, -0.15) is 0 Å². The van der Waals surface area contributed by atoms with Gasteiger partial charge in [-0.05, 0) is 19.3 Å². The maximum Gasteiger partial charge on any atom is 0.223 e. The number of hydrogen-bond acceptors (Lipinski definition) is 3. The van der Waals surface area contributed by atoms with Crippen LogP contribution in [0.2, 0.25) is 0 Å². The Kier molecular flexibility index (Phi) is 4.98. The minimum absolute atomic E-state index is 0.0263. The number of carbonyl (C=O) groups is 1. The second-order valence-electron chi connectivity index (χ2n) is 3.77. The standard InChI is InChI=1S/C10H18N2O2S/c1-2-8(10(11)15)12-9(13)6-7-4-3-5-14-7/h7-8H,2-6H2,1H3,(H2,11,15)(H,12,13). The van der Waals surface area contributed by atoms with Crippen LogP contribution in [-0.2, 0) is 9.53 Å². The summed E-state index contributed by atoms with van der Waals surface area (Å²) in [6, 6.07) is -0.186. The molecule has 1 saturated heterocycles. The lowest BCUT2D eigenvalue weighted by molar-refractivity contribution is -0.123. The average molecular weight is 230 g/mol. The summed E-state index contributed by atoms with van der Waals surface area (Å²) in [5.74, 6) is -0.0263. The van der Waals surface area contributed by atoms with E-state index in [1.807, 2.05) is 6.92 Å². The minimum atomic E-state index is -0.186. The van der Waals surface area contributed by atoms with Gasteiger partial charge < -0.3 is 15.8 Å². The number of hydrogen-bond donors (Lipinski definition) is 2. The Balaban J connectivity index is 2.30. The number of carbonyl (C=O) groups excluding carboxylic acids is 1. The van der Waals surface area contributed by atoms with E-state index in [-0.39, 0.29) is 18.1 Å². The molecule has 0 aromatic rings. The van der Waals surface area contributed by atoms with Gasteiger partial charge in [0.1, 0.15) is 0 Å². The van der Waals surface area contributed by atoms with Crippen molar-refractivity contribution < 1.29 is 9.53 Å². The highest BCUT2D eigenvalue weighted by molar-refractivity contribution is 7.80. The molecule has 0 aliphatic carbocycles. The Morgan fingerprint density at radius 2 is 2.47 bits per heavy atom. The molecule has 1 aliphatic heterocycles. The molecule has 0 aromatic carbocycles. The van der Waals surface area contributed by atoms with E-state index in [1.54, 1.807) is 0 Å². The largest absolute Gasteiger partial charge is 0.392 e. The second-order valence-corrected chi connectivity index (χ2v) is 4.24. The maximum absolute atomic E-state index is 11.6. The first-order valence-electron chi connectivity index (χ1n) is 5.33. The molecule has 2 atom stereocenters. The van der Waals surface area contributed by atoms with E-state index in [1.165, 1.54) is 0 Å². The van der Waals surface area contributed by atoms with Crippen molar-refractivity contribution in [1.29, 1.82) is 0 Å². The van der Waals surface area contributed by atoms with E-state index in [2.05, 4.69) is 5.32 Å². The maximum atomic E-state index is 11.6. The number of nitrogens with one attached hydrogen (secondary N) is 1. The fraction of sp³-hybridized carbons (Fsp3) is 0.800. The number of ether oxygens (including phenoxy) is 1. The van der Waals surface area contributed by atoms with Gasteiger partial charge in [0.15, 0.2) is 0 Å². The van der Waals surface area contributed by atoms with Crippen LogP contribution in [-0.4, -0.2) is 29.6 Å². The summed E-state index contributed by atoms with van der Waals surface area (Å²) in [5, 5.41) is 2.81. The van der Waals surface area contributed by atoms with Crippen molar-refractivity contribution in [3.05, 3.63) is 0 Å². The van der Waals surface area contributed by atoms with Gasteiger partial charge in [0.2, 0.25) is 5.91 Å². The van der Waals surface area contributed by atoms with Gasteiger partial charge in [0.05, 0.1) is 23.6 Å².